The molecule has 1 unspecified atom stereocenters. The van der Waals surface area contributed by atoms with E-state index in [0.29, 0.717) is 0 Å². The summed E-state index contributed by atoms with van der Waals surface area (Å²) in [6.07, 6.45) is 5.86. The van der Waals surface area contributed by atoms with Crippen LogP contribution in [0.3, 0.4) is 0 Å². The number of hydrogen-bond donors (Lipinski definition) is 1. The molecule has 0 spiro atoms. The van der Waals surface area contributed by atoms with Crippen LogP contribution in [0.5, 0.6) is 0 Å². The van der Waals surface area contributed by atoms with E-state index in [1.165, 1.54) is 19.3 Å². The fourth-order valence-electron chi connectivity index (χ4n) is 2.66. The molecule has 3 nitrogen and oxygen atoms in total. The summed E-state index contributed by atoms with van der Waals surface area (Å²) in [5.74, 6) is 0.899. The highest BCUT2D eigenvalue weighted by atomic mass is 15.2. The molecule has 1 aliphatic carbocycles. The first-order valence-corrected chi connectivity index (χ1v) is 7.03. The first-order valence-electron chi connectivity index (χ1n) is 7.03. The number of nitrogens with zero attached hydrogens (tertiary/aromatic N) is 2. The van der Waals surface area contributed by atoms with E-state index in [0.717, 1.165) is 31.2 Å². The van der Waals surface area contributed by atoms with Crippen LogP contribution in [0.2, 0.25) is 0 Å². The third-order valence-electron chi connectivity index (χ3n) is 4.09. The normalized spacial score (nSPS) is 18.9. The lowest BCUT2D eigenvalue weighted by molar-refractivity contribution is 0.0923. The summed E-state index contributed by atoms with van der Waals surface area (Å²) in [4.78, 5) is 6.91. The Morgan fingerprint density at radius 3 is 2.72 bits per heavy atom. The van der Waals surface area contributed by atoms with Crippen molar-refractivity contribution in [3.8, 4) is 0 Å². The number of pyridine rings is 1. The van der Waals surface area contributed by atoms with Gasteiger partial charge in [-0.05, 0) is 37.9 Å². The third-order valence-corrected chi connectivity index (χ3v) is 4.09. The highest BCUT2D eigenvalue weighted by Crippen LogP contribution is 2.38. The van der Waals surface area contributed by atoms with Gasteiger partial charge in [0.05, 0.1) is 5.69 Å². The molecule has 1 aromatic heterocycles. The zero-order valence-electron chi connectivity index (χ0n) is 11.6. The van der Waals surface area contributed by atoms with Crippen LogP contribution in [0.25, 0.3) is 0 Å². The first kappa shape index (κ1) is 13.5. The van der Waals surface area contributed by atoms with E-state index >= 15 is 0 Å². The second-order valence-electron chi connectivity index (χ2n) is 5.68. The van der Waals surface area contributed by atoms with Crippen molar-refractivity contribution in [3.05, 3.63) is 30.1 Å². The van der Waals surface area contributed by atoms with Gasteiger partial charge < -0.3 is 5.73 Å². The molecule has 18 heavy (non-hydrogen) atoms. The van der Waals surface area contributed by atoms with E-state index in [9.17, 15) is 0 Å². The summed E-state index contributed by atoms with van der Waals surface area (Å²) in [5, 5.41) is 0. The third kappa shape index (κ3) is 3.30. The average Bonchev–Trinajstić information content (AvgIpc) is 3.20. The van der Waals surface area contributed by atoms with Crippen LogP contribution in [-0.4, -0.2) is 28.5 Å². The van der Waals surface area contributed by atoms with Crippen molar-refractivity contribution in [2.45, 2.75) is 45.2 Å². The second kappa shape index (κ2) is 5.81. The molecule has 0 saturated heterocycles. The number of aromatic nitrogens is 1. The SMILES string of the molecule is CCN(Cc1ccccn1)C(C)(CN)CC1CC1. The topological polar surface area (TPSA) is 42.2 Å². The second-order valence-corrected chi connectivity index (χ2v) is 5.68. The number of rotatable bonds is 7. The van der Waals surface area contributed by atoms with Crippen molar-refractivity contribution < 1.29 is 0 Å². The molecule has 2 rings (SSSR count). The summed E-state index contributed by atoms with van der Waals surface area (Å²) >= 11 is 0. The fraction of sp³-hybridized carbons (Fsp3) is 0.667. The molecule has 2 N–H and O–H groups in total. The molecule has 1 saturated carbocycles. The molecule has 1 heterocycles. The van der Waals surface area contributed by atoms with Gasteiger partial charge in [-0.25, -0.2) is 0 Å². The summed E-state index contributed by atoms with van der Waals surface area (Å²) in [7, 11) is 0. The molecule has 0 radical (unpaired) electrons. The van der Waals surface area contributed by atoms with Gasteiger partial charge in [0.25, 0.3) is 0 Å². The van der Waals surface area contributed by atoms with E-state index in [2.05, 4.69) is 35.9 Å². The summed E-state index contributed by atoms with van der Waals surface area (Å²) in [6, 6.07) is 6.11. The molecule has 3 heteroatoms. The molecule has 1 aliphatic rings. The van der Waals surface area contributed by atoms with Gasteiger partial charge >= 0.3 is 0 Å². The van der Waals surface area contributed by atoms with E-state index in [-0.39, 0.29) is 5.54 Å². The lowest BCUT2D eigenvalue weighted by Crippen LogP contribution is -2.51. The molecular formula is C15H25N3. The molecule has 1 aromatic rings. The lowest BCUT2D eigenvalue weighted by atomic mass is 9.92. The maximum Gasteiger partial charge on any atom is 0.0544 e. The highest BCUT2D eigenvalue weighted by Gasteiger charge is 2.36. The Kier molecular flexibility index (Phi) is 4.36. The minimum Gasteiger partial charge on any atom is -0.329 e. The first-order chi connectivity index (χ1) is 8.68. The Morgan fingerprint density at radius 1 is 1.44 bits per heavy atom. The fourth-order valence-corrected chi connectivity index (χ4v) is 2.66. The van der Waals surface area contributed by atoms with Gasteiger partial charge in [0.2, 0.25) is 0 Å². The van der Waals surface area contributed by atoms with Crippen LogP contribution >= 0.6 is 0 Å². The van der Waals surface area contributed by atoms with Crippen LogP contribution in [0, 0.1) is 5.92 Å². The number of hydrogen-bond acceptors (Lipinski definition) is 3. The summed E-state index contributed by atoms with van der Waals surface area (Å²) in [5.41, 5.74) is 7.30. The zero-order valence-corrected chi connectivity index (χ0v) is 11.6. The van der Waals surface area contributed by atoms with E-state index in [1.807, 2.05) is 12.3 Å². The standard InChI is InChI=1S/C15H25N3/c1-3-18(11-14-6-4-5-9-17-14)15(2,12-16)10-13-7-8-13/h4-6,9,13H,3,7-8,10-12,16H2,1-2H3. The molecule has 0 aliphatic heterocycles. The highest BCUT2D eigenvalue weighted by molar-refractivity contribution is 5.05. The van der Waals surface area contributed by atoms with Gasteiger partial charge in [0.15, 0.2) is 0 Å². The number of likely N-dealkylation sites (N-methyl/N-ethyl adjacent to an activating group) is 1. The summed E-state index contributed by atoms with van der Waals surface area (Å²) < 4.78 is 0. The Bertz CT molecular complexity index is 361. The van der Waals surface area contributed by atoms with Crippen molar-refractivity contribution in [1.82, 2.24) is 9.88 Å². The van der Waals surface area contributed by atoms with Gasteiger partial charge in [-0.15, -0.1) is 0 Å². The quantitative estimate of drug-likeness (QED) is 0.804. The molecule has 1 fully saturated rings. The monoisotopic (exact) mass is 247 g/mol. The van der Waals surface area contributed by atoms with Crippen molar-refractivity contribution in [2.24, 2.45) is 11.7 Å². The number of nitrogens with two attached hydrogens (primary N) is 1. The van der Waals surface area contributed by atoms with Crippen LogP contribution < -0.4 is 5.73 Å². The molecule has 0 amide bonds. The van der Waals surface area contributed by atoms with Crippen molar-refractivity contribution in [1.29, 1.82) is 0 Å². The predicted octanol–water partition coefficient (Wildman–Crippen LogP) is 2.42. The Morgan fingerprint density at radius 2 is 2.22 bits per heavy atom. The van der Waals surface area contributed by atoms with Gasteiger partial charge in [-0.2, -0.15) is 0 Å². The van der Waals surface area contributed by atoms with E-state index in [1.54, 1.807) is 0 Å². The van der Waals surface area contributed by atoms with Crippen molar-refractivity contribution >= 4 is 0 Å². The van der Waals surface area contributed by atoms with Gasteiger partial charge in [0, 0.05) is 24.8 Å². The van der Waals surface area contributed by atoms with Crippen LogP contribution in [0.1, 0.15) is 38.8 Å². The Labute approximate surface area is 110 Å². The minimum absolute atomic E-state index is 0.118. The maximum absolute atomic E-state index is 6.05. The van der Waals surface area contributed by atoms with Crippen LogP contribution in [-0.2, 0) is 6.54 Å². The van der Waals surface area contributed by atoms with Crippen molar-refractivity contribution in [2.75, 3.05) is 13.1 Å². The molecule has 0 aromatic carbocycles. The average molecular weight is 247 g/mol. The zero-order chi connectivity index (χ0) is 13.0. The van der Waals surface area contributed by atoms with E-state index in [4.69, 9.17) is 5.73 Å². The molecule has 1 atom stereocenters. The molecular weight excluding hydrogens is 222 g/mol. The van der Waals surface area contributed by atoms with Gasteiger partial charge in [0.1, 0.15) is 0 Å². The molecule has 100 valence electrons. The lowest BCUT2D eigenvalue weighted by Gasteiger charge is -2.40. The Hall–Kier alpha value is -0.930. The van der Waals surface area contributed by atoms with Crippen LogP contribution in [0.4, 0.5) is 0 Å². The van der Waals surface area contributed by atoms with Gasteiger partial charge in [-0.3, -0.25) is 9.88 Å². The van der Waals surface area contributed by atoms with Gasteiger partial charge in [-0.1, -0.05) is 25.8 Å². The predicted molar refractivity (Wildman–Crippen MR) is 75.1 cm³/mol. The van der Waals surface area contributed by atoms with Crippen molar-refractivity contribution in [3.63, 3.8) is 0 Å². The maximum atomic E-state index is 6.05. The Balaban J connectivity index is 2.05. The summed E-state index contributed by atoms with van der Waals surface area (Å²) in [6.45, 7) is 7.17. The minimum atomic E-state index is 0.118. The largest absolute Gasteiger partial charge is 0.329 e. The molecule has 0 bridgehead atoms. The van der Waals surface area contributed by atoms with E-state index < -0.39 is 0 Å². The smallest absolute Gasteiger partial charge is 0.0544 e. The van der Waals surface area contributed by atoms with Crippen LogP contribution in [0.15, 0.2) is 24.4 Å².